The summed E-state index contributed by atoms with van der Waals surface area (Å²) in [7, 11) is -4.10. The molecule has 0 aliphatic carbocycles. The van der Waals surface area contributed by atoms with E-state index in [1.165, 1.54) is 18.2 Å². The van der Waals surface area contributed by atoms with Crippen LogP contribution in [0.25, 0.3) is 0 Å². The van der Waals surface area contributed by atoms with Gasteiger partial charge in [0.1, 0.15) is 6.54 Å². The predicted molar refractivity (Wildman–Crippen MR) is 96.4 cm³/mol. The van der Waals surface area contributed by atoms with Gasteiger partial charge in [-0.05, 0) is 42.8 Å². The highest BCUT2D eigenvalue weighted by atomic mass is 35.5. The van der Waals surface area contributed by atoms with E-state index in [1.54, 1.807) is 25.1 Å². The number of halogens is 3. The van der Waals surface area contributed by atoms with Crippen LogP contribution in [-0.2, 0) is 14.8 Å². The Morgan fingerprint density at radius 2 is 1.75 bits per heavy atom. The van der Waals surface area contributed by atoms with Crippen molar-refractivity contribution in [1.82, 2.24) is 0 Å². The molecule has 0 aliphatic rings. The maximum Gasteiger partial charge on any atom is 0.264 e. The van der Waals surface area contributed by atoms with Crippen LogP contribution in [0.4, 0.5) is 5.69 Å². The maximum absolute atomic E-state index is 13.0. The number of hydrogen-bond acceptors (Lipinski definition) is 3. The number of amides is 1. The number of sulfonamides is 1. The zero-order chi connectivity index (χ0) is 18.1. The van der Waals surface area contributed by atoms with E-state index in [2.05, 4.69) is 0 Å². The minimum absolute atomic E-state index is 0.0829. The van der Waals surface area contributed by atoms with E-state index in [1.807, 2.05) is 0 Å². The summed E-state index contributed by atoms with van der Waals surface area (Å²) in [6.45, 7) is 1.11. The van der Waals surface area contributed by atoms with E-state index >= 15 is 0 Å². The van der Waals surface area contributed by atoms with Crippen LogP contribution < -0.4 is 10.0 Å². The Morgan fingerprint density at radius 1 is 1.08 bits per heavy atom. The molecule has 9 heteroatoms. The first-order valence-corrected chi connectivity index (χ1v) is 9.23. The Kier molecular flexibility index (Phi) is 5.65. The summed E-state index contributed by atoms with van der Waals surface area (Å²) in [6, 6.07) is 8.63. The first kappa shape index (κ1) is 18.9. The minimum Gasteiger partial charge on any atom is -0.368 e. The van der Waals surface area contributed by atoms with E-state index in [0.717, 1.165) is 4.31 Å². The summed E-state index contributed by atoms with van der Waals surface area (Å²) in [6.07, 6.45) is 0. The average molecular weight is 408 g/mol. The van der Waals surface area contributed by atoms with Crippen LogP contribution in [0.2, 0.25) is 15.1 Å². The fourth-order valence-corrected chi connectivity index (χ4v) is 4.12. The third-order valence-corrected chi connectivity index (χ3v) is 6.19. The average Bonchev–Trinajstić information content (AvgIpc) is 2.50. The Labute approximate surface area is 155 Å². The van der Waals surface area contributed by atoms with Crippen LogP contribution in [0.3, 0.4) is 0 Å². The Morgan fingerprint density at radius 3 is 2.33 bits per heavy atom. The van der Waals surface area contributed by atoms with Crippen molar-refractivity contribution in [3.05, 3.63) is 57.0 Å². The number of primary amides is 1. The third-order valence-electron chi connectivity index (χ3n) is 3.29. The van der Waals surface area contributed by atoms with Gasteiger partial charge in [0.25, 0.3) is 10.0 Å². The van der Waals surface area contributed by atoms with Gasteiger partial charge < -0.3 is 5.73 Å². The topological polar surface area (TPSA) is 80.5 Å². The molecule has 128 valence electrons. The fourth-order valence-electron chi connectivity index (χ4n) is 2.07. The summed E-state index contributed by atoms with van der Waals surface area (Å²) < 4.78 is 26.8. The molecule has 24 heavy (non-hydrogen) atoms. The molecule has 5 nitrogen and oxygen atoms in total. The molecule has 0 atom stereocenters. The van der Waals surface area contributed by atoms with Gasteiger partial charge in [0.05, 0.1) is 20.6 Å². The molecular formula is C15H13Cl3N2O3S. The molecule has 2 aromatic rings. The van der Waals surface area contributed by atoms with Gasteiger partial charge in [-0.1, -0.05) is 40.9 Å². The molecule has 0 radical (unpaired) electrons. The van der Waals surface area contributed by atoms with E-state index in [-0.39, 0.29) is 20.6 Å². The molecule has 2 rings (SSSR count). The molecule has 2 aromatic carbocycles. The zero-order valence-corrected chi connectivity index (χ0v) is 15.5. The summed E-state index contributed by atoms with van der Waals surface area (Å²) in [5.41, 5.74) is 5.98. The van der Waals surface area contributed by atoms with Crippen molar-refractivity contribution in [2.24, 2.45) is 5.73 Å². The van der Waals surface area contributed by atoms with Gasteiger partial charge in [-0.25, -0.2) is 8.42 Å². The molecule has 0 heterocycles. The summed E-state index contributed by atoms with van der Waals surface area (Å²) in [4.78, 5) is 11.3. The molecular weight excluding hydrogens is 395 g/mol. The molecule has 0 fully saturated rings. The second kappa shape index (κ2) is 7.19. The fraction of sp³-hybridized carbons (Fsp3) is 0.133. The molecule has 0 unspecified atom stereocenters. The smallest absolute Gasteiger partial charge is 0.264 e. The van der Waals surface area contributed by atoms with Crippen molar-refractivity contribution >= 4 is 56.4 Å². The highest BCUT2D eigenvalue weighted by Gasteiger charge is 2.28. The first-order valence-electron chi connectivity index (χ1n) is 6.66. The van der Waals surface area contributed by atoms with E-state index in [9.17, 15) is 13.2 Å². The largest absolute Gasteiger partial charge is 0.368 e. The highest BCUT2D eigenvalue weighted by Crippen LogP contribution is 2.32. The monoisotopic (exact) mass is 406 g/mol. The lowest BCUT2D eigenvalue weighted by atomic mass is 10.2. The molecule has 0 spiro atoms. The van der Waals surface area contributed by atoms with Crippen molar-refractivity contribution in [3.8, 4) is 0 Å². The first-order chi connectivity index (χ1) is 11.1. The van der Waals surface area contributed by atoms with Crippen LogP contribution in [0.5, 0.6) is 0 Å². The van der Waals surface area contributed by atoms with Crippen LogP contribution in [-0.4, -0.2) is 20.9 Å². The minimum atomic E-state index is -4.10. The highest BCUT2D eigenvalue weighted by molar-refractivity contribution is 7.92. The van der Waals surface area contributed by atoms with Gasteiger partial charge in [0.2, 0.25) is 5.91 Å². The van der Waals surface area contributed by atoms with Crippen molar-refractivity contribution in [2.45, 2.75) is 11.8 Å². The third kappa shape index (κ3) is 3.78. The number of nitrogens with two attached hydrogens (primary N) is 1. The SMILES string of the molecule is Cc1c(Cl)cccc1N(CC(N)=O)S(=O)(=O)c1ccc(Cl)c(Cl)c1. The summed E-state index contributed by atoms with van der Waals surface area (Å²) in [5.74, 6) is -0.807. The molecule has 0 aromatic heterocycles. The molecule has 0 saturated heterocycles. The summed E-state index contributed by atoms with van der Waals surface area (Å²) in [5, 5.41) is 0.668. The van der Waals surface area contributed by atoms with E-state index in [4.69, 9.17) is 40.5 Å². The van der Waals surface area contributed by atoms with E-state index < -0.39 is 22.5 Å². The van der Waals surface area contributed by atoms with Gasteiger partial charge in [-0.3, -0.25) is 9.10 Å². The van der Waals surface area contributed by atoms with Crippen LogP contribution in [0, 0.1) is 6.92 Å². The Balaban J connectivity index is 2.64. The lowest BCUT2D eigenvalue weighted by Gasteiger charge is -2.25. The number of hydrogen-bond donors (Lipinski definition) is 1. The van der Waals surface area contributed by atoms with Crippen molar-refractivity contribution in [2.75, 3.05) is 10.8 Å². The maximum atomic E-state index is 13.0. The van der Waals surface area contributed by atoms with Crippen LogP contribution in [0.15, 0.2) is 41.3 Å². The molecule has 0 saturated carbocycles. The predicted octanol–water partition coefficient (Wildman–Crippen LogP) is 3.64. The second-order valence-corrected chi connectivity index (χ2v) is 8.02. The molecule has 0 bridgehead atoms. The number of benzene rings is 2. The van der Waals surface area contributed by atoms with Crippen molar-refractivity contribution in [3.63, 3.8) is 0 Å². The zero-order valence-electron chi connectivity index (χ0n) is 12.5. The number of carbonyl (C=O) groups excluding carboxylic acids is 1. The van der Waals surface area contributed by atoms with Gasteiger partial charge in [0, 0.05) is 5.02 Å². The Hall–Kier alpha value is -1.47. The van der Waals surface area contributed by atoms with Crippen LogP contribution >= 0.6 is 34.8 Å². The standard InChI is InChI=1S/C15H13Cl3N2O3S/c1-9-11(16)3-2-4-14(9)20(8-15(19)21)24(22,23)10-5-6-12(17)13(18)7-10/h2-7H,8H2,1H3,(H2,19,21). The van der Waals surface area contributed by atoms with Gasteiger partial charge >= 0.3 is 0 Å². The number of nitrogens with zero attached hydrogens (tertiary/aromatic N) is 1. The number of anilines is 1. The van der Waals surface area contributed by atoms with Gasteiger partial charge in [0.15, 0.2) is 0 Å². The second-order valence-electron chi connectivity index (χ2n) is 4.94. The summed E-state index contributed by atoms with van der Waals surface area (Å²) >= 11 is 17.8. The molecule has 2 N–H and O–H groups in total. The quantitative estimate of drug-likeness (QED) is 0.821. The van der Waals surface area contributed by atoms with Crippen LogP contribution in [0.1, 0.15) is 5.56 Å². The molecule has 1 amide bonds. The van der Waals surface area contributed by atoms with Gasteiger partial charge in [-0.2, -0.15) is 0 Å². The van der Waals surface area contributed by atoms with Crippen molar-refractivity contribution in [1.29, 1.82) is 0 Å². The molecule has 0 aliphatic heterocycles. The van der Waals surface area contributed by atoms with Crippen molar-refractivity contribution < 1.29 is 13.2 Å². The van der Waals surface area contributed by atoms with Gasteiger partial charge in [-0.15, -0.1) is 0 Å². The van der Waals surface area contributed by atoms with E-state index in [0.29, 0.717) is 10.6 Å². The number of rotatable bonds is 5. The lowest BCUT2D eigenvalue weighted by Crippen LogP contribution is -2.39. The number of carbonyl (C=O) groups is 1. The normalized spacial score (nSPS) is 11.3. The Bertz CT molecular complexity index is 901. The lowest BCUT2D eigenvalue weighted by molar-refractivity contribution is -0.116.